The largest absolute Gasteiger partial charge is 0.384 e. The van der Waals surface area contributed by atoms with Crippen molar-refractivity contribution in [2.45, 2.75) is 6.10 Å². The third kappa shape index (κ3) is 2.01. The Morgan fingerprint density at radius 1 is 1.42 bits per heavy atom. The summed E-state index contributed by atoms with van der Waals surface area (Å²) in [4.78, 5) is 0. The summed E-state index contributed by atoms with van der Waals surface area (Å²) in [5.74, 6) is 0. The average Bonchev–Trinajstić information content (AvgIpc) is 2.08. The molecule has 1 rings (SSSR count). The van der Waals surface area contributed by atoms with Gasteiger partial charge in [0.05, 0.1) is 6.10 Å². The Morgan fingerprint density at radius 2 is 2.08 bits per heavy atom. The first kappa shape index (κ1) is 9.59. The fourth-order valence-electron chi connectivity index (χ4n) is 0.868. The maximum Gasteiger partial charge on any atom is 0.0984 e. The van der Waals surface area contributed by atoms with E-state index in [0.717, 1.165) is 0 Å². The van der Waals surface area contributed by atoms with Gasteiger partial charge in [0.25, 0.3) is 0 Å². The Morgan fingerprint density at radius 3 is 2.67 bits per heavy atom. The summed E-state index contributed by atoms with van der Waals surface area (Å²) < 4.78 is 0. The molecule has 0 radical (unpaired) electrons. The first-order valence-corrected chi connectivity index (χ1v) is 4.16. The summed E-state index contributed by atoms with van der Waals surface area (Å²) in [5, 5.41) is 10.4. The minimum atomic E-state index is -0.754. The minimum Gasteiger partial charge on any atom is -0.384 e. The smallest absolute Gasteiger partial charge is 0.0984 e. The van der Waals surface area contributed by atoms with Crippen LogP contribution < -0.4 is 0 Å². The second kappa shape index (κ2) is 3.94. The molecular formula is C9H8Cl2O. The number of aliphatic hydroxyl groups excluding tert-OH is 1. The van der Waals surface area contributed by atoms with Crippen molar-refractivity contribution < 1.29 is 5.11 Å². The van der Waals surface area contributed by atoms with E-state index in [1.165, 1.54) is 6.08 Å². The Labute approximate surface area is 81.2 Å². The van der Waals surface area contributed by atoms with Gasteiger partial charge in [-0.15, -0.1) is 6.58 Å². The first-order chi connectivity index (χ1) is 5.65. The Kier molecular flexibility index (Phi) is 3.15. The molecule has 1 unspecified atom stereocenters. The lowest BCUT2D eigenvalue weighted by Crippen LogP contribution is -1.93. The van der Waals surface area contributed by atoms with Gasteiger partial charge in [-0.3, -0.25) is 0 Å². The van der Waals surface area contributed by atoms with Gasteiger partial charge in [0.15, 0.2) is 0 Å². The predicted octanol–water partition coefficient (Wildman–Crippen LogP) is 3.21. The molecule has 0 amide bonds. The van der Waals surface area contributed by atoms with E-state index in [-0.39, 0.29) is 0 Å². The molecule has 64 valence electrons. The van der Waals surface area contributed by atoms with Gasteiger partial charge in [0.2, 0.25) is 0 Å². The van der Waals surface area contributed by atoms with Crippen LogP contribution in [0.25, 0.3) is 0 Å². The van der Waals surface area contributed by atoms with E-state index >= 15 is 0 Å². The molecule has 0 aromatic heterocycles. The molecule has 0 fully saturated rings. The van der Waals surface area contributed by atoms with Gasteiger partial charge >= 0.3 is 0 Å². The highest BCUT2D eigenvalue weighted by molar-refractivity contribution is 6.33. The lowest BCUT2D eigenvalue weighted by Gasteiger charge is -2.07. The lowest BCUT2D eigenvalue weighted by atomic mass is 10.1. The number of halogens is 2. The van der Waals surface area contributed by atoms with Crippen molar-refractivity contribution in [3.63, 3.8) is 0 Å². The number of rotatable bonds is 2. The van der Waals surface area contributed by atoms with Crippen LogP contribution >= 0.6 is 23.2 Å². The van der Waals surface area contributed by atoms with E-state index in [1.54, 1.807) is 18.2 Å². The van der Waals surface area contributed by atoms with E-state index < -0.39 is 6.10 Å². The van der Waals surface area contributed by atoms with Crippen LogP contribution in [0, 0.1) is 0 Å². The van der Waals surface area contributed by atoms with Crippen LogP contribution in [0.4, 0.5) is 0 Å². The van der Waals surface area contributed by atoms with Crippen LogP contribution in [0.2, 0.25) is 10.0 Å². The van der Waals surface area contributed by atoms with Gasteiger partial charge in [-0.1, -0.05) is 29.3 Å². The van der Waals surface area contributed by atoms with E-state index in [0.29, 0.717) is 15.6 Å². The van der Waals surface area contributed by atoms with Crippen molar-refractivity contribution >= 4 is 23.2 Å². The van der Waals surface area contributed by atoms with Crippen molar-refractivity contribution in [2.75, 3.05) is 0 Å². The molecule has 0 aliphatic heterocycles. The Hall–Kier alpha value is -0.500. The molecule has 0 heterocycles. The molecule has 0 aliphatic carbocycles. The SMILES string of the molecule is C=CC(O)c1cc(Cl)ccc1Cl. The summed E-state index contributed by atoms with van der Waals surface area (Å²) in [6.07, 6.45) is 0.647. The molecule has 0 saturated carbocycles. The third-order valence-corrected chi connectivity index (χ3v) is 2.08. The molecule has 0 aliphatic rings. The molecule has 3 heteroatoms. The molecule has 0 saturated heterocycles. The maximum atomic E-state index is 9.37. The number of benzene rings is 1. The van der Waals surface area contributed by atoms with Crippen LogP contribution in [0.1, 0.15) is 11.7 Å². The zero-order valence-corrected chi connectivity index (χ0v) is 7.81. The number of aliphatic hydroxyl groups is 1. The molecule has 0 bridgehead atoms. The van der Waals surface area contributed by atoms with Crippen molar-refractivity contribution in [3.8, 4) is 0 Å². The van der Waals surface area contributed by atoms with Crippen molar-refractivity contribution in [1.29, 1.82) is 0 Å². The summed E-state index contributed by atoms with van der Waals surface area (Å²) in [7, 11) is 0. The van der Waals surface area contributed by atoms with Crippen molar-refractivity contribution in [3.05, 3.63) is 46.5 Å². The minimum absolute atomic E-state index is 0.492. The molecular weight excluding hydrogens is 195 g/mol. The first-order valence-electron chi connectivity index (χ1n) is 3.40. The zero-order valence-electron chi connectivity index (χ0n) is 6.30. The van der Waals surface area contributed by atoms with Crippen LogP contribution in [0.15, 0.2) is 30.9 Å². The fraction of sp³-hybridized carbons (Fsp3) is 0.111. The highest BCUT2D eigenvalue weighted by atomic mass is 35.5. The monoisotopic (exact) mass is 202 g/mol. The lowest BCUT2D eigenvalue weighted by molar-refractivity contribution is 0.229. The van der Waals surface area contributed by atoms with Gasteiger partial charge in [-0.05, 0) is 18.2 Å². The van der Waals surface area contributed by atoms with Gasteiger partial charge in [-0.25, -0.2) is 0 Å². The fourth-order valence-corrected chi connectivity index (χ4v) is 1.28. The van der Waals surface area contributed by atoms with Crippen LogP contribution in [0.5, 0.6) is 0 Å². The normalized spacial score (nSPS) is 12.6. The van der Waals surface area contributed by atoms with E-state index in [4.69, 9.17) is 23.2 Å². The van der Waals surface area contributed by atoms with Crippen molar-refractivity contribution in [2.24, 2.45) is 0 Å². The Balaban J connectivity index is 3.12. The van der Waals surface area contributed by atoms with E-state index in [2.05, 4.69) is 6.58 Å². The molecule has 12 heavy (non-hydrogen) atoms. The van der Waals surface area contributed by atoms with Crippen LogP contribution in [-0.4, -0.2) is 5.11 Å². The second-order valence-corrected chi connectivity index (χ2v) is 3.19. The molecule has 1 atom stereocenters. The summed E-state index contributed by atoms with van der Waals surface area (Å²) in [6.45, 7) is 3.46. The van der Waals surface area contributed by atoms with Crippen molar-refractivity contribution in [1.82, 2.24) is 0 Å². The number of hydrogen-bond acceptors (Lipinski definition) is 1. The molecule has 1 aromatic carbocycles. The standard InChI is InChI=1S/C9H8Cl2O/c1-2-9(12)7-5-6(10)3-4-8(7)11/h2-5,9,12H,1H2. The molecule has 1 nitrogen and oxygen atoms in total. The summed E-state index contributed by atoms with van der Waals surface area (Å²) in [5.41, 5.74) is 0.583. The van der Waals surface area contributed by atoms with E-state index in [9.17, 15) is 5.11 Å². The van der Waals surface area contributed by atoms with Crippen LogP contribution in [0.3, 0.4) is 0 Å². The number of hydrogen-bond donors (Lipinski definition) is 1. The zero-order chi connectivity index (χ0) is 9.14. The van der Waals surface area contributed by atoms with Gasteiger partial charge in [0, 0.05) is 15.6 Å². The molecule has 1 N–H and O–H groups in total. The summed E-state index contributed by atoms with van der Waals surface area (Å²) in [6, 6.07) is 4.94. The predicted molar refractivity (Wildman–Crippen MR) is 51.6 cm³/mol. The topological polar surface area (TPSA) is 20.2 Å². The highest BCUT2D eigenvalue weighted by Gasteiger charge is 2.07. The second-order valence-electron chi connectivity index (χ2n) is 2.35. The molecule has 1 aromatic rings. The van der Waals surface area contributed by atoms with Gasteiger partial charge in [0.1, 0.15) is 0 Å². The summed E-state index contributed by atoms with van der Waals surface area (Å²) >= 11 is 11.5. The quantitative estimate of drug-likeness (QED) is 0.731. The van der Waals surface area contributed by atoms with Gasteiger partial charge < -0.3 is 5.11 Å². The third-order valence-electron chi connectivity index (χ3n) is 1.50. The highest BCUT2D eigenvalue weighted by Crippen LogP contribution is 2.26. The maximum absolute atomic E-state index is 9.37. The average molecular weight is 203 g/mol. The van der Waals surface area contributed by atoms with Gasteiger partial charge in [-0.2, -0.15) is 0 Å². The van der Waals surface area contributed by atoms with E-state index in [1.807, 2.05) is 0 Å². The van der Waals surface area contributed by atoms with Crippen LogP contribution in [-0.2, 0) is 0 Å². The Bertz CT molecular complexity index is 297. The molecule has 0 spiro atoms.